The number of hydrogen-bond donors (Lipinski definition) is 0. The van der Waals surface area contributed by atoms with E-state index in [4.69, 9.17) is 14.5 Å². The Morgan fingerprint density at radius 1 is 1.20 bits per heavy atom. The topological polar surface area (TPSA) is 48.4 Å². The van der Waals surface area contributed by atoms with Gasteiger partial charge in [-0.3, -0.25) is 4.79 Å². The van der Waals surface area contributed by atoms with Crippen LogP contribution in [0.5, 0.6) is 5.75 Å². The summed E-state index contributed by atoms with van der Waals surface area (Å²) in [5, 5.41) is 1.09. The van der Waals surface area contributed by atoms with Crippen LogP contribution < -0.4 is 4.74 Å². The normalized spacial score (nSPS) is 33.3. The lowest BCUT2D eigenvalue weighted by Gasteiger charge is -2.45. The molecule has 0 amide bonds. The van der Waals surface area contributed by atoms with Crippen LogP contribution in [0, 0.1) is 29.6 Å². The number of ether oxygens (including phenoxy) is 2. The first-order chi connectivity index (χ1) is 14.6. The van der Waals surface area contributed by atoms with E-state index < -0.39 is 0 Å². The smallest absolute Gasteiger partial charge is 0.309 e. The van der Waals surface area contributed by atoms with Crippen LogP contribution in [0.15, 0.2) is 36.4 Å². The first-order valence-electron chi connectivity index (χ1n) is 11.6. The van der Waals surface area contributed by atoms with Crippen LogP contribution in [0.1, 0.15) is 51.6 Å². The molecule has 158 valence electrons. The van der Waals surface area contributed by atoms with E-state index >= 15 is 0 Å². The zero-order valence-electron chi connectivity index (χ0n) is 17.9. The van der Waals surface area contributed by atoms with Crippen LogP contribution in [0.25, 0.3) is 17.0 Å². The van der Waals surface area contributed by atoms with Crippen LogP contribution in [0.3, 0.4) is 0 Å². The molecule has 3 aliphatic rings. The summed E-state index contributed by atoms with van der Waals surface area (Å²) in [7, 11) is 0. The van der Waals surface area contributed by atoms with Crippen molar-refractivity contribution in [2.45, 2.75) is 52.1 Å². The molecule has 6 atom stereocenters. The quantitative estimate of drug-likeness (QED) is 0.617. The second-order valence-corrected chi connectivity index (χ2v) is 9.23. The Labute approximate surface area is 178 Å². The maximum absolute atomic E-state index is 12.5. The minimum absolute atomic E-state index is 0.0153. The highest BCUT2D eigenvalue weighted by Crippen LogP contribution is 2.53. The van der Waals surface area contributed by atoms with Gasteiger partial charge in [-0.2, -0.15) is 0 Å². The number of esters is 1. The number of pyridine rings is 1. The number of fused-ring (bicyclic) bond motifs is 3. The van der Waals surface area contributed by atoms with Crippen LogP contribution >= 0.6 is 0 Å². The van der Waals surface area contributed by atoms with Gasteiger partial charge in [0, 0.05) is 11.3 Å². The number of aromatic nitrogens is 1. The molecule has 5 rings (SSSR count). The van der Waals surface area contributed by atoms with E-state index in [-0.39, 0.29) is 18.0 Å². The molecular weight excluding hydrogens is 374 g/mol. The van der Waals surface area contributed by atoms with Gasteiger partial charge in [0.25, 0.3) is 0 Å². The van der Waals surface area contributed by atoms with E-state index in [1.54, 1.807) is 0 Å². The van der Waals surface area contributed by atoms with Crippen molar-refractivity contribution >= 4 is 22.9 Å². The van der Waals surface area contributed by atoms with Crippen LogP contribution in [-0.4, -0.2) is 23.7 Å². The molecule has 4 heteroatoms. The van der Waals surface area contributed by atoms with Crippen molar-refractivity contribution in [1.29, 1.82) is 0 Å². The molecular formula is C26H31NO3. The summed E-state index contributed by atoms with van der Waals surface area (Å²) in [6, 6.07) is 10.2. The van der Waals surface area contributed by atoms with Gasteiger partial charge in [-0.25, -0.2) is 4.98 Å². The predicted octanol–water partition coefficient (Wildman–Crippen LogP) is 5.65. The Bertz CT molecular complexity index is 968. The molecule has 3 fully saturated rings. The molecule has 0 spiro atoms. The molecule has 4 nitrogen and oxygen atoms in total. The van der Waals surface area contributed by atoms with E-state index in [0.717, 1.165) is 28.8 Å². The van der Waals surface area contributed by atoms with Gasteiger partial charge in [0.15, 0.2) is 0 Å². The number of carbonyl (C=O) groups is 1. The lowest BCUT2D eigenvalue weighted by Crippen LogP contribution is -2.42. The summed E-state index contributed by atoms with van der Waals surface area (Å²) in [4.78, 5) is 17.3. The van der Waals surface area contributed by atoms with E-state index in [0.29, 0.717) is 30.3 Å². The summed E-state index contributed by atoms with van der Waals surface area (Å²) < 4.78 is 11.3. The van der Waals surface area contributed by atoms with Crippen molar-refractivity contribution in [2.24, 2.45) is 29.6 Å². The molecule has 0 unspecified atom stereocenters. The van der Waals surface area contributed by atoms with Crippen LogP contribution in [-0.2, 0) is 9.53 Å². The number of nitrogens with zero attached hydrogens (tertiary/aromatic N) is 1. The Morgan fingerprint density at radius 3 is 2.93 bits per heavy atom. The minimum Gasteiger partial charge on any atom is -0.494 e. The van der Waals surface area contributed by atoms with Crippen molar-refractivity contribution < 1.29 is 14.3 Å². The molecule has 0 bridgehead atoms. The minimum atomic E-state index is 0.0153. The maximum atomic E-state index is 12.5. The molecule has 2 aliphatic carbocycles. The van der Waals surface area contributed by atoms with E-state index in [1.807, 2.05) is 25.1 Å². The summed E-state index contributed by atoms with van der Waals surface area (Å²) in [6.07, 6.45) is 10.7. The van der Waals surface area contributed by atoms with Gasteiger partial charge in [-0.05, 0) is 74.8 Å². The van der Waals surface area contributed by atoms with Crippen molar-refractivity contribution in [1.82, 2.24) is 4.98 Å². The lowest BCUT2D eigenvalue weighted by atomic mass is 9.57. The van der Waals surface area contributed by atoms with Gasteiger partial charge < -0.3 is 9.47 Å². The monoisotopic (exact) mass is 405 g/mol. The van der Waals surface area contributed by atoms with E-state index in [2.05, 4.69) is 31.2 Å². The van der Waals surface area contributed by atoms with E-state index in [1.165, 1.54) is 25.7 Å². The SMILES string of the molecule is CCOc1ccc2nc(/C=C/[C@H]3[C@@H]4CCCC[C@H]4C[C@H]4C(=O)O[C@H](C)[C@@H]34)ccc2c1. The standard InChI is InChI=1S/C26H31NO3/c1-3-29-20-11-13-24-18(14-20)8-9-19(27-24)10-12-22-21-7-5-4-6-17(21)15-23-25(22)16(2)30-26(23)28/h8-14,16-17,21-23,25H,3-7,15H2,1-2H3/b12-10+/t16-,17+,21-,22+,23-,25+/m1/s1. The average molecular weight is 406 g/mol. The van der Waals surface area contributed by atoms with E-state index in [9.17, 15) is 4.79 Å². The molecule has 2 aromatic rings. The fourth-order valence-corrected chi connectivity index (χ4v) is 6.26. The molecule has 1 saturated heterocycles. The number of benzene rings is 1. The summed E-state index contributed by atoms with van der Waals surface area (Å²) in [6.45, 7) is 4.74. The van der Waals surface area contributed by atoms with Crippen molar-refractivity contribution in [3.05, 3.63) is 42.1 Å². The van der Waals surface area contributed by atoms with Gasteiger partial charge in [-0.1, -0.05) is 31.4 Å². The third kappa shape index (κ3) is 3.51. The highest BCUT2D eigenvalue weighted by atomic mass is 16.6. The Morgan fingerprint density at radius 2 is 2.07 bits per heavy atom. The van der Waals surface area contributed by atoms with Crippen molar-refractivity contribution in [3.8, 4) is 5.75 Å². The zero-order valence-corrected chi connectivity index (χ0v) is 17.9. The first kappa shape index (κ1) is 19.6. The molecule has 1 aliphatic heterocycles. The van der Waals surface area contributed by atoms with Crippen LogP contribution in [0.4, 0.5) is 0 Å². The summed E-state index contributed by atoms with van der Waals surface area (Å²) in [5.74, 6) is 3.03. The Balaban J connectivity index is 1.43. The molecule has 0 radical (unpaired) electrons. The highest BCUT2D eigenvalue weighted by molar-refractivity contribution is 5.81. The number of allylic oxidation sites excluding steroid dienone is 1. The molecule has 1 aromatic heterocycles. The highest BCUT2D eigenvalue weighted by Gasteiger charge is 2.53. The van der Waals surface area contributed by atoms with Crippen LogP contribution in [0.2, 0.25) is 0 Å². The first-order valence-corrected chi connectivity index (χ1v) is 11.6. The summed E-state index contributed by atoms with van der Waals surface area (Å²) >= 11 is 0. The Kier molecular flexibility index (Phi) is 5.26. The van der Waals surface area contributed by atoms with Crippen molar-refractivity contribution in [3.63, 3.8) is 0 Å². The zero-order chi connectivity index (χ0) is 20.7. The number of hydrogen-bond acceptors (Lipinski definition) is 4. The molecule has 2 saturated carbocycles. The van der Waals surface area contributed by atoms with Gasteiger partial charge in [0.2, 0.25) is 0 Å². The number of carbonyl (C=O) groups excluding carboxylic acids is 1. The third-order valence-corrected chi connectivity index (χ3v) is 7.56. The second kappa shape index (κ2) is 8.05. The third-order valence-electron chi connectivity index (χ3n) is 7.56. The molecule has 2 heterocycles. The van der Waals surface area contributed by atoms with Crippen molar-refractivity contribution in [2.75, 3.05) is 6.61 Å². The molecule has 30 heavy (non-hydrogen) atoms. The van der Waals surface area contributed by atoms with Gasteiger partial charge in [0.1, 0.15) is 11.9 Å². The fourth-order valence-electron chi connectivity index (χ4n) is 6.26. The summed E-state index contributed by atoms with van der Waals surface area (Å²) in [5.41, 5.74) is 1.95. The fraction of sp³-hybridized carbons (Fsp3) is 0.538. The van der Waals surface area contributed by atoms with Gasteiger partial charge in [-0.15, -0.1) is 0 Å². The number of cyclic esters (lactones) is 1. The molecule has 0 N–H and O–H groups in total. The average Bonchev–Trinajstić information content (AvgIpc) is 3.04. The molecule has 1 aromatic carbocycles. The van der Waals surface area contributed by atoms with Gasteiger partial charge in [0.05, 0.1) is 23.7 Å². The maximum Gasteiger partial charge on any atom is 0.309 e. The predicted molar refractivity (Wildman–Crippen MR) is 118 cm³/mol. The number of rotatable bonds is 4. The Hall–Kier alpha value is -2.36. The largest absolute Gasteiger partial charge is 0.494 e. The van der Waals surface area contributed by atoms with Gasteiger partial charge >= 0.3 is 5.97 Å². The second-order valence-electron chi connectivity index (χ2n) is 9.23. The lowest BCUT2D eigenvalue weighted by molar-refractivity contribution is -0.144.